The van der Waals surface area contributed by atoms with Crippen LogP contribution in [0.1, 0.15) is 38.7 Å². The van der Waals surface area contributed by atoms with Gasteiger partial charge in [-0.2, -0.15) is 13.2 Å². The molecule has 1 aromatic rings. The summed E-state index contributed by atoms with van der Waals surface area (Å²) in [5, 5.41) is 2.60. The van der Waals surface area contributed by atoms with Gasteiger partial charge in [-0.1, -0.05) is 0 Å². The summed E-state index contributed by atoms with van der Waals surface area (Å²) in [6.07, 6.45) is -1.52. The zero-order valence-electron chi connectivity index (χ0n) is 16.2. The van der Waals surface area contributed by atoms with Gasteiger partial charge in [-0.25, -0.2) is 0 Å². The van der Waals surface area contributed by atoms with Gasteiger partial charge in [0.1, 0.15) is 0 Å². The number of nitrogens with zero attached hydrogens (tertiary/aromatic N) is 2. The average molecular weight is 400 g/mol. The van der Waals surface area contributed by atoms with Gasteiger partial charge < -0.3 is 16.0 Å². The molecule has 0 aliphatic carbocycles. The second kappa shape index (κ2) is 9.27. The van der Waals surface area contributed by atoms with Crippen LogP contribution in [-0.4, -0.2) is 48.9 Å². The lowest BCUT2D eigenvalue weighted by Gasteiger charge is -2.31. The monoisotopic (exact) mass is 400 g/mol. The molecule has 1 aromatic carbocycles. The Labute approximate surface area is 162 Å². The van der Waals surface area contributed by atoms with Crippen molar-refractivity contribution in [1.82, 2.24) is 4.90 Å². The minimum Gasteiger partial charge on any atom is -0.370 e. The molecule has 0 radical (unpaired) electrons. The Morgan fingerprint density at radius 3 is 2.36 bits per heavy atom. The van der Waals surface area contributed by atoms with Crippen molar-refractivity contribution in [2.45, 2.75) is 45.3 Å². The Hall–Kier alpha value is -2.29. The minimum atomic E-state index is -4.50. The van der Waals surface area contributed by atoms with Gasteiger partial charge in [0.2, 0.25) is 11.8 Å². The van der Waals surface area contributed by atoms with Crippen LogP contribution in [0.5, 0.6) is 0 Å². The fourth-order valence-electron chi connectivity index (χ4n) is 3.22. The van der Waals surface area contributed by atoms with Gasteiger partial charge in [-0.3, -0.25) is 14.5 Å². The number of halogens is 3. The maximum Gasteiger partial charge on any atom is 0.416 e. The van der Waals surface area contributed by atoms with E-state index in [1.165, 1.54) is 6.07 Å². The fraction of sp³-hybridized carbons (Fsp3) is 0.579. The molecular weight excluding hydrogens is 373 g/mol. The lowest BCUT2D eigenvalue weighted by Crippen LogP contribution is -2.43. The molecule has 0 bridgehead atoms. The van der Waals surface area contributed by atoms with E-state index < -0.39 is 23.6 Å². The van der Waals surface area contributed by atoms with Crippen molar-refractivity contribution in [1.29, 1.82) is 0 Å². The van der Waals surface area contributed by atoms with E-state index in [1.54, 1.807) is 18.7 Å². The number of benzene rings is 1. The quantitative estimate of drug-likeness (QED) is 0.738. The van der Waals surface area contributed by atoms with E-state index in [1.807, 2.05) is 4.90 Å². The number of primary amides is 1. The van der Waals surface area contributed by atoms with Gasteiger partial charge in [-0.05, 0) is 51.3 Å². The van der Waals surface area contributed by atoms with Crippen LogP contribution in [0.4, 0.5) is 24.5 Å². The van der Waals surface area contributed by atoms with Crippen molar-refractivity contribution in [3.63, 3.8) is 0 Å². The Morgan fingerprint density at radius 1 is 1.18 bits per heavy atom. The molecular formula is C19H27F3N4O2. The smallest absolute Gasteiger partial charge is 0.370 e. The molecule has 6 nitrogen and oxygen atoms in total. The summed E-state index contributed by atoms with van der Waals surface area (Å²) < 4.78 is 39.5. The largest absolute Gasteiger partial charge is 0.416 e. The lowest BCUT2D eigenvalue weighted by molar-refractivity contribution is -0.137. The number of carbonyl (C=O) groups excluding carboxylic acids is 2. The summed E-state index contributed by atoms with van der Waals surface area (Å²) in [4.78, 5) is 27.2. The highest BCUT2D eigenvalue weighted by atomic mass is 19.4. The molecule has 1 heterocycles. The molecule has 0 spiro atoms. The predicted octanol–water partition coefficient (Wildman–Crippen LogP) is 2.83. The van der Waals surface area contributed by atoms with Crippen LogP contribution in [0.3, 0.4) is 0 Å². The molecule has 0 atom stereocenters. The Bertz CT molecular complexity index is 701. The number of hydrogen-bond donors (Lipinski definition) is 2. The van der Waals surface area contributed by atoms with Gasteiger partial charge >= 0.3 is 6.18 Å². The molecule has 2 amide bonds. The lowest BCUT2D eigenvalue weighted by atomic mass is 10.1. The summed E-state index contributed by atoms with van der Waals surface area (Å²) in [5.74, 6) is -1.07. The molecule has 1 aliphatic heterocycles. The van der Waals surface area contributed by atoms with Gasteiger partial charge in [-0.15, -0.1) is 0 Å². The van der Waals surface area contributed by atoms with Crippen molar-refractivity contribution in [2.75, 3.05) is 36.4 Å². The number of piperidine rings is 1. The molecule has 1 aliphatic rings. The number of nitrogens with one attached hydrogen (secondary N) is 1. The first-order chi connectivity index (χ1) is 13.1. The van der Waals surface area contributed by atoms with Crippen LogP contribution < -0.4 is 16.0 Å². The molecule has 1 saturated heterocycles. The summed E-state index contributed by atoms with van der Waals surface area (Å²) >= 11 is 0. The summed E-state index contributed by atoms with van der Waals surface area (Å²) in [5.41, 5.74) is 5.09. The van der Waals surface area contributed by atoms with Gasteiger partial charge in [0.15, 0.2) is 0 Å². The number of anilines is 2. The van der Waals surface area contributed by atoms with E-state index in [0.29, 0.717) is 5.69 Å². The third-order valence-electron chi connectivity index (χ3n) is 4.73. The van der Waals surface area contributed by atoms with Crippen molar-refractivity contribution >= 4 is 23.2 Å². The third-order valence-corrected chi connectivity index (χ3v) is 4.73. The molecule has 0 saturated carbocycles. The highest BCUT2D eigenvalue weighted by Crippen LogP contribution is 2.36. The Morgan fingerprint density at radius 2 is 1.82 bits per heavy atom. The van der Waals surface area contributed by atoms with Gasteiger partial charge in [0.25, 0.3) is 0 Å². The number of rotatable bonds is 7. The van der Waals surface area contributed by atoms with Crippen LogP contribution in [0.25, 0.3) is 0 Å². The number of amides is 2. The highest BCUT2D eigenvalue weighted by Gasteiger charge is 2.32. The van der Waals surface area contributed by atoms with Crippen LogP contribution >= 0.6 is 0 Å². The number of alkyl halides is 3. The van der Waals surface area contributed by atoms with Gasteiger partial charge in [0, 0.05) is 19.1 Å². The molecule has 156 valence electrons. The van der Waals surface area contributed by atoms with E-state index in [2.05, 4.69) is 5.32 Å². The zero-order chi connectivity index (χ0) is 20.9. The van der Waals surface area contributed by atoms with Crippen LogP contribution in [-0.2, 0) is 15.8 Å². The van der Waals surface area contributed by atoms with Crippen LogP contribution in [0, 0.1) is 0 Å². The standard InChI is InChI=1S/C19H27F3N4O2/c1-13(2)26(11-17(23)27)12-18(28)24-15-10-14(19(20,21)22)6-7-16(15)25-8-4-3-5-9-25/h6-7,10,13H,3-5,8-9,11-12H2,1-2H3,(H2,23,27)(H,24,28). The van der Waals surface area contributed by atoms with Crippen LogP contribution in [0.2, 0.25) is 0 Å². The van der Waals surface area contributed by atoms with Crippen molar-refractivity contribution in [2.24, 2.45) is 5.73 Å². The maximum atomic E-state index is 13.2. The zero-order valence-corrected chi connectivity index (χ0v) is 16.2. The fourth-order valence-corrected chi connectivity index (χ4v) is 3.22. The maximum absolute atomic E-state index is 13.2. The number of nitrogens with two attached hydrogens (primary N) is 1. The van der Waals surface area contributed by atoms with E-state index in [9.17, 15) is 22.8 Å². The summed E-state index contributed by atoms with van der Waals surface area (Å²) in [6.45, 7) is 4.82. The first-order valence-electron chi connectivity index (χ1n) is 9.36. The molecule has 28 heavy (non-hydrogen) atoms. The normalized spacial score (nSPS) is 15.2. The Kier molecular flexibility index (Phi) is 7.29. The second-order valence-corrected chi connectivity index (χ2v) is 7.29. The van der Waals surface area contributed by atoms with Crippen LogP contribution in [0.15, 0.2) is 18.2 Å². The predicted molar refractivity (Wildman–Crippen MR) is 102 cm³/mol. The van der Waals surface area contributed by atoms with Crippen molar-refractivity contribution in [3.8, 4) is 0 Å². The van der Waals surface area contributed by atoms with Crippen molar-refractivity contribution < 1.29 is 22.8 Å². The van der Waals surface area contributed by atoms with E-state index in [4.69, 9.17) is 5.73 Å². The van der Waals surface area contributed by atoms with Gasteiger partial charge in [0.05, 0.1) is 30.0 Å². The highest BCUT2D eigenvalue weighted by molar-refractivity contribution is 5.96. The third kappa shape index (κ3) is 6.12. The molecule has 0 unspecified atom stereocenters. The molecule has 3 N–H and O–H groups in total. The number of hydrogen-bond acceptors (Lipinski definition) is 4. The Balaban J connectivity index is 2.24. The summed E-state index contributed by atoms with van der Waals surface area (Å²) in [6, 6.07) is 3.29. The molecule has 0 aromatic heterocycles. The number of carbonyl (C=O) groups is 2. The van der Waals surface area contributed by atoms with Crippen molar-refractivity contribution in [3.05, 3.63) is 23.8 Å². The minimum absolute atomic E-state index is 0.105. The van der Waals surface area contributed by atoms with E-state index >= 15 is 0 Å². The average Bonchev–Trinajstić information content (AvgIpc) is 2.60. The molecule has 2 rings (SSSR count). The first-order valence-corrected chi connectivity index (χ1v) is 9.36. The topological polar surface area (TPSA) is 78.7 Å². The summed E-state index contributed by atoms with van der Waals surface area (Å²) in [7, 11) is 0. The van der Waals surface area contributed by atoms with E-state index in [-0.39, 0.29) is 24.8 Å². The van der Waals surface area contributed by atoms with E-state index in [0.717, 1.165) is 44.5 Å². The molecule has 9 heteroatoms. The first kappa shape index (κ1) is 22.0. The SMILES string of the molecule is CC(C)N(CC(N)=O)CC(=O)Nc1cc(C(F)(F)F)ccc1N1CCCCC1. The molecule has 1 fully saturated rings. The second-order valence-electron chi connectivity index (χ2n) is 7.29.